The quantitative estimate of drug-likeness (QED) is 0.807. The van der Waals surface area contributed by atoms with Crippen molar-refractivity contribution in [2.75, 3.05) is 25.5 Å². The van der Waals surface area contributed by atoms with Crippen molar-refractivity contribution in [3.8, 4) is 11.5 Å². The Labute approximate surface area is 141 Å². The molecule has 2 aliphatic heterocycles. The van der Waals surface area contributed by atoms with Gasteiger partial charge in [-0.05, 0) is 44.5 Å². The van der Waals surface area contributed by atoms with Gasteiger partial charge in [0, 0.05) is 29.2 Å². The van der Waals surface area contributed by atoms with Crippen LogP contribution in [0.1, 0.15) is 26.2 Å². The second kappa shape index (κ2) is 7.93. The standard InChI is InChI=1S/C17H24N2O3S/c1-12-14(3-2-7-18-12)19-17(20)6-10-23-13-4-5-15-16(11-13)22-9-8-21-15/h4-5,11-12,14,18H,2-3,6-10H2,1H3,(H,19,20). The maximum absolute atomic E-state index is 12.1. The molecule has 0 aromatic heterocycles. The van der Waals surface area contributed by atoms with Gasteiger partial charge in [0.1, 0.15) is 13.2 Å². The summed E-state index contributed by atoms with van der Waals surface area (Å²) in [4.78, 5) is 13.2. The second-order valence-corrected chi connectivity index (χ2v) is 7.13. The molecule has 0 aliphatic carbocycles. The van der Waals surface area contributed by atoms with Gasteiger partial charge >= 0.3 is 0 Å². The molecular formula is C17H24N2O3S. The number of ether oxygens (including phenoxy) is 2. The number of nitrogens with one attached hydrogen (secondary N) is 2. The maximum Gasteiger partial charge on any atom is 0.221 e. The minimum absolute atomic E-state index is 0.135. The number of carbonyl (C=O) groups excluding carboxylic acids is 1. The number of carbonyl (C=O) groups is 1. The highest BCUT2D eigenvalue weighted by Gasteiger charge is 2.22. The first-order valence-electron chi connectivity index (χ1n) is 8.27. The molecule has 0 bridgehead atoms. The fourth-order valence-electron chi connectivity index (χ4n) is 2.90. The Kier molecular flexibility index (Phi) is 5.67. The van der Waals surface area contributed by atoms with Crippen LogP contribution in [0.3, 0.4) is 0 Å². The lowest BCUT2D eigenvalue weighted by Crippen LogP contribution is -2.51. The van der Waals surface area contributed by atoms with Gasteiger partial charge in [0.2, 0.25) is 5.91 Å². The SMILES string of the molecule is CC1NCCCC1NC(=O)CCSc1ccc2c(c1)OCCO2. The Morgan fingerprint density at radius 3 is 3.00 bits per heavy atom. The van der Waals surface area contributed by atoms with Gasteiger partial charge in [-0.2, -0.15) is 0 Å². The fraction of sp³-hybridized carbons (Fsp3) is 0.588. The molecule has 3 rings (SSSR count). The molecule has 6 heteroatoms. The van der Waals surface area contributed by atoms with Gasteiger partial charge in [0.15, 0.2) is 11.5 Å². The van der Waals surface area contributed by atoms with Gasteiger partial charge in [-0.15, -0.1) is 11.8 Å². The van der Waals surface area contributed by atoms with E-state index >= 15 is 0 Å². The highest BCUT2D eigenvalue weighted by Crippen LogP contribution is 2.34. The Balaban J connectivity index is 1.43. The van der Waals surface area contributed by atoms with Crippen molar-refractivity contribution < 1.29 is 14.3 Å². The molecule has 0 radical (unpaired) electrons. The molecule has 0 saturated carbocycles. The van der Waals surface area contributed by atoms with Crippen molar-refractivity contribution in [3.63, 3.8) is 0 Å². The van der Waals surface area contributed by atoms with Gasteiger partial charge < -0.3 is 20.1 Å². The summed E-state index contributed by atoms with van der Waals surface area (Å²) >= 11 is 1.67. The molecule has 1 aromatic rings. The van der Waals surface area contributed by atoms with E-state index in [0.717, 1.165) is 41.5 Å². The van der Waals surface area contributed by atoms with E-state index in [1.165, 1.54) is 0 Å². The summed E-state index contributed by atoms with van der Waals surface area (Å²) in [6.45, 7) is 4.38. The summed E-state index contributed by atoms with van der Waals surface area (Å²) in [5.74, 6) is 2.50. The van der Waals surface area contributed by atoms with Crippen molar-refractivity contribution in [1.29, 1.82) is 0 Å². The number of fused-ring (bicyclic) bond motifs is 1. The Morgan fingerprint density at radius 1 is 1.35 bits per heavy atom. The number of rotatable bonds is 5. The third-order valence-corrected chi connectivity index (χ3v) is 5.22. The topological polar surface area (TPSA) is 59.6 Å². The number of hydrogen-bond donors (Lipinski definition) is 2. The van der Waals surface area contributed by atoms with Gasteiger partial charge in [0.05, 0.1) is 0 Å². The van der Waals surface area contributed by atoms with Crippen molar-refractivity contribution in [2.24, 2.45) is 0 Å². The van der Waals surface area contributed by atoms with E-state index in [9.17, 15) is 4.79 Å². The molecule has 1 amide bonds. The molecule has 2 unspecified atom stereocenters. The molecule has 0 spiro atoms. The van der Waals surface area contributed by atoms with E-state index in [4.69, 9.17) is 9.47 Å². The van der Waals surface area contributed by atoms with Gasteiger partial charge in [0.25, 0.3) is 0 Å². The molecule has 5 nitrogen and oxygen atoms in total. The monoisotopic (exact) mass is 336 g/mol. The largest absolute Gasteiger partial charge is 0.486 e. The van der Waals surface area contributed by atoms with Crippen LogP contribution in [0.2, 0.25) is 0 Å². The Morgan fingerprint density at radius 2 is 2.17 bits per heavy atom. The summed E-state index contributed by atoms with van der Waals surface area (Å²) in [7, 11) is 0. The third-order valence-electron chi connectivity index (χ3n) is 4.22. The highest BCUT2D eigenvalue weighted by atomic mass is 32.2. The lowest BCUT2D eigenvalue weighted by molar-refractivity contribution is -0.121. The molecule has 1 fully saturated rings. The number of hydrogen-bond acceptors (Lipinski definition) is 5. The Bertz CT molecular complexity index is 553. The number of thioether (sulfide) groups is 1. The predicted molar refractivity (Wildman–Crippen MR) is 91.4 cm³/mol. The molecule has 2 N–H and O–H groups in total. The molecule has 1 aromatic carbocycles. The highest BCUT2D eigenvalue weighted by molar-refractivity contribution is 7.99. The van der Waals surface area contributed by atoms with Crippen LogP contribution in [0.25, 0.3) is 0 Å². The maximum atomic E-state index is 12.1. The Hall–Kier alpha value is -1.40. The zero-order valence-electron chi connectivity index (χ0n) is 13.5. The minimum atomic E-state index is 0.135. The first-order valence-corrected chi connectivity index (χ1v) is 9.26. The first-order chi connectivity index (χ1) is 11.2. The zero-order valence-corrected chi connectivity index (χ0v) is 14.3. The summed E-state index contributed by atoms with van der Waals surface area (Å²) in [5.41, 5.74) is 0. The second-order valence-electron chi connectivity index (χ2n) is 5.96. The fourth-order valence-corrected chi connectivity index (χ4v) is 3.77. The normalized spacial score (nSPS) is 23.3. The zero-order chi connectivity index (χ0) is 16.1. The number of amides is 1. The van der Waals surface area contributed by atoms with Crippen LogP contribution in [-0.2, 0) is 4.79 Å². The van der Waals surface area contributed by atoms with Crippen molar-refractivity contribution >= 4 is 17.7 Å². The van der Waals surface area contributed by atoms with Crippen LogP contribution in [0, 0.1) is 0 Å². The molecule has 2 heterocycles. The van der Waals surface area contributed by atoms with E-state index in [1.807, 2.05) is 18.2 Å². The molecule has 2 atom stereocenters. The van der Waals surface area contributed by atoms with Crippen LogP contribution in [0.4, 0.5) is 0 Å². The summed E-state index contributed by atoms with van der Waals surface area (Å²) in [6.07, 6.45) is 2.72. The number of piperidine rings is 1. The van der Waals surface area contributed by atoms with Crippen molar-refractivity contribution in [3.05, 3.63) is 18.2 Å². The molecular weight excluding hydrogens is 312 g/mol. The molecule has 23 heavy (non-hydrogen) atoms. The summed E-state index contributed by atoms with van der Waals surface area (Å²) in [6, 6.07) is 6.56. The van der Waals surface area contributed by atoms with Crippen LogP contribution in [0.15, 0.2) is 23.1 Å². The van der Waals surface area contributed by atoms with Crippen molar-refractivity contribution in [2.45, 2.75) is 43.2 Å². The average Bonchev–Trinajstić information content (AvgIpc) is 2.57. The van der Waals surface area contributed by atoms with Crippen LogP contribution < -0.4 is 20.1 Å². The van der Waals surface area contributed by atoms with E-state index in [-0.39, 0.29) is 11.9 Å². The molecule has 2 aliphatic rings. The lowest BCUT2D eigenvalue weighted by Gasteiger charge is -2.30. The van der Waals surface area contributed by atoms with Gasteiger partial charge in [-0.3, -0.25) is 4.79 Å². The van der Waals surface area contributed by atoms with Gasteiger partial charge in [-0.25, -0.2) is 0 Å². The smallest absolute Gasteiger partial charge is 0.221 e. The van der Waals surface area contributed by atoms with Crippen LogP contribution in [-0.4, -0.2) is 43.5 Å². The lowest BCUT2D eigenvalue weighted by atomic mass is 10.00. The molecule has 1 saturated heterocycles. The van der Waals surface area contributed by atoms with Crippen molar-refractivity contribution in [1.82, 2.24) is 10.6 Å². The minimum Gasteiger partial charge on any atom is -0.486 e. The summed E-state index contributed by atoms with van der Waals surface area (Å²) < 4.78 is 11.1. The van der Waals surface area contributed by atoms with E-state index in [1.54, 1.807) is 11.8 Å². The summed E-state index contributed by atoms with van der Waals surface area (Å²) in [5, 5.41) is 6.55. The third kappa shape index (κ3) is 4.54. The molecule has 126 valence electrons. The number of benzene rings is 1. The first kappa shape index (κ1) is 16.5. The predicted octanol–water partition coefficient (Wildman–Crippen LogP) is 2.20. The van der Waals surface area contributed by atoms with E-state index < -0.39 is 0 Å². The van der Waals surface area contributed by atoms with Gasteiger partial charge in [-0.1, -0.05) is 0 Å². The van der Waals surface area contributed by atoms with Crippen LogP contribution >= 0.6 is 11.8 Å². The van der Waals surface area contributed by atoms with Crippen LogP contribution in [0.5, 0.6) is 11.5 Å². The van der Waals surface area contributed by atoms with E-state index in [0.29, 0.717) is 25.7 Å². The average molecular weight is 336 g/mol. The van der Waals surface area contributed by atoms with E-state index in [2.05, 4.69) is 17.6 Å².